The average Bonchev–Trinajstić information content (AvgIpc) is 2.35. The van der Waals surface area contributed by atoms with Crippen LogP contribution >= 0.6 is 0 Å². The number of methoxy groups -OCH3 is 2. The lowest BCUT2D eigenvalue weighted by atomic mass is 10.1. The molecule has 0 aliphatic heterocycles. The number of rotatable bonds is 2. The van der Waals surface area contributed by atoms with Crippen molar-refractivity contribution in [1.82, 2.24) is 0 Å². The molecule has 0 heterocycles. The fourth-order valence-electron chi connectivity index (χ4n) is 1.06. The summed E-state index contributed by atoms with van der Waals surface area (Å²) in [5.74, 6) is -0.684. The van der Waals surface area contributed by atoms with Gasteiger partial charge in [0.2, 0.25) is 0 Å². The normalized spacial score (nSPS) is 10.8. The molecule has 0 atom stereocenters. The number of hydrogen-bond acceptors (Lipinski definition) is 4. The summed E-state index contributed by atoms with van der Waals surface area (Å²) in [5, 5.41) is 0. The van der Waals surface area contributed by atoms with E-state index in [0.717, 1.165) is 0 Å². The molecule has 0 radical (unpaired) electrons. The van der Waals surface area contributed by atoms with Crippen molar-refractivity contribution in [2.45, 2.75) is 0 Å². The Morgan fingerprint density at radius 2 is 1.69 bits per heavy atom. The standard InChI is InChI=1S/C11H11NO4/c1-15-10(13)9(12-11(14)16-2)8-6-4-3-5-7-8/h3-7H,1-2H3/b12-9+. The first-order valence-electron chi connectivity index (χ1n) is 4.49. The van der Waals surface area contributed by atoms with Crippen molar-refractivity contribution in [1.29, 1.82) is 0 Å². The summed E-state index contributed by atoms with van der Waals surface area (Å²) in [5.41, 5.74) is 0.426. The minimum atomic E-state index is -0.843. The van der Waals surface area contributed by atoms with Crippen molar-refractivity contribution >= 4 is 17.8 Å². The van der Waals surface area contributed by atoms with Crippen LogP contribution in [0.5, 0.6) is 0 Å². The van der Waals surface area contributed by atoms with Gasteiger partial charge in [-0.3, -0.25) is 0 Å². The summed E-state index contributed by atoms with van der Waals surface area (Å²) in [6.07, 6.45) is -0.843. The zero-order valence-electron chi connectivity index (χ0n) is 8.97. The summed E-state index contributed by atoms with van der Waals surface area (Å²) in [6.45, 7) is 0. The van der Waals surface area contributed by atoms with Gasteiger partial charge in [0.25, 0.3) is 0 Å². The van der Waals surface area contributed by atoms with Crippen molar-refractivity contribution in [3.05, 3.63) is 35.9 Å². The Morgan fingerprint density at radius 1 is 1.06 bits per heavy atom. The van der Waals surface area contributed by atoms with Gasteiger partial charge in [0, 0.05) is 5.56 Å². The second-order valence-electron chi connectivity index (χ2n) is 2.79. The number of hydrogen-bond donors (Lipinski definition) is 0. The van der Waals surface area contributed by atoms with Crippen LogP contribution < -0.4 is 0 Å². The van der Waals surface area contributed by atoms with E-state index in [4.69, 9.17) is 0 Å². The molecule has 16 heavy (non-hydrogen) atoms. The summed E-state index contributed by atoms with van der Waals surface area (Å²) < 4.78 is 8.90. The van der Waals surface area contributed by atoms with Gasteiger partial charge in [0.05, 0.1) is 14.2 Å². The van der Waals surface area contributed by atoms with Crippen molar-refractivity contribution in [2.24, 2.45) is 4.99 Å². The Balaban J connectivity index is 3.11. The number of nitrogens with zero attached hydrogens (tertiary/aromatic N) is 1. The molecule has 1 aromatic carbocycles. The van der Waals surface area contributed by atoms with Gasteiger partial charge < -0.3 is 9.47 Å². The lowest BCUT2D eigenvalue weighted by Crippen LogP contribution is -2.19. The molecule has 1 rings (SSSR count). The summed E-state index contributed by atoms with van der Waals surface area (Å²) in [7, 11) is 2.41. The van der Waals surface area contributed by atoms with E-state index in [1.54, 1.807) is 30.3 Å². The van der Waals surface area contributed by atoms with Crippen LogP contribution in [-0.4, -0.2) is 32.0 Å². The molecule has 0 N–H and O–H groups in total. The zero-order chi connectivity index (χ0) is 12.0. The van der Waals surface area contributed by atoms with Gasteiger partial charge >= 0.3 is 12.1 Å². The predicted octanol–water partition coefficient (Wildman–Crippen LogP) is 1.42. The minimum Gasteiger partial charge on any atom is -0.464 e. The molecule has 0 saturated heterocycles. The second kappa shape index (κ2) is 5.65. The van der Waals surface area contributed by atoms with Gasteiger partial charge in [-0.15, -0.1) is 0 Å². The number of benzene rings is 1. The molecular weight excluding hydrogens is 210 g/mol. The molecule has 0 unspecified atom stereocenters. The molecule has 0 aliphatic carbocycles. The van der Waals surface area contributed by atoms with Crippen LogP contribution in [0, 0.1) is 0 Å². The van der Waals surface area contributed by atoms with Crippen molar-refractivity contribution < 1.29 is 19.1 Å². The van der Waals surface area contributed by atoms with Gasteiger partial charge in [0.1, 0.15) is 0 Å². The largest absolute Gasteiger partial charge is 0.464 e. The topological polar surface area (TPSA) is 65.0 Å². The van der Waals surface area contributed by atoms with Crippen molar-refractivity contribution in [3.63, 3.8) is 0 Å². The van der Waals surface area contributed by atoms with E-state index in [9.17, 15) is 9.59 Å². The highest BCUT2D eigenvalue weighted by Crippen LogP contribution is 2.03. The maximum atomic E-state index is 11.4. The highest BCUT2D eigenvalue weighted by molar-refractivity contribution is 6.44. The Morgan fingerprint density at radius 3 is 2.19 bits per heavy atom. The Labute approximate surface area is 92.7 Å². The first-order chi connectivity index (χ1) is 7.69. The quantitative estimate of drug-likeness (QED) is 0.559. The monoisotopic (exact) mass is 221 g/mol. The molecule has 1 aromatic rings. The fraction of sp³-hybridized carbons (Fsp3) is 0.182. The molecule has 0 spiro atoms. The van der Waals surface area contributed by atoms with E-state index in [1.165, 1.54) is 14.2 Å². The number of esters is 1. The minimum absolute atomic E-state index is 0.0741. The van der Waals surface area contributed by atoms with Crippen LogP contribution in [-0.2, 0) is 14.3 Å². The fourth-order valence-corrected chi connectivity index (χ4v) is 1.06. The molecule has 0 aromatic heterocycles. The molecule has 84 valence electrons. The maximum absolute atomic E-state index is 11.4. The van der Waals surface area contributed by atoms with Gasteiger partial charge in [-0.1, -0.05) is 30.3 Å². The SMILES string of the molecule is COC(=O)/N=C(/C(=O)OC)c1ccccc1. The third-order valence-electron chi connectivity index (χ3n) is 1.80. The maximum Gasteiger partial charge on any atom is 0.434 e. The molecule has 5 nitrogen and oxygen atoms in total. The van der Waals surface area contributed by atoms with Crippen LogP contribution in [0.2, 0.25) is 0 Å². The number of carbonyl (C=O) groups is 2. The average molecular weight is 221 g/mol. The molecule has 0 bridgehead atoms. The van der Waals surface area contributed by atoms with Crippen LogP contribution in [0.4, 0.5) is 4.79 Å². The van der Waals surface area contributed by atoms with Crippen LogP contribution in [0.3, 0.4) is 0 Å². The first-order valence-corrected chi connectivity index (χ1v) is 4.49. The van der Waals surface area contributed by atoms with Gasteiger partial charge in [0.15, 0.2) is 5.71 Å². The summed E-state index contributed by atoms with van der Waals surface area (Å²) in [4.78, 5) is 25.9. The molecular formula is C11H11NO4. The van der Waals surface area contributed by atoms with E-state index < -0.39 is 12.1 Å². The van der Waals surface area contributed by atoms with Crippen LogP contribution in [0.1, 0.15) is 5.56 Å². The molecule has 1 amide bonds. The zero-order valence-corrected chi connectivity index (χ0v) is 8.97. The van der Waals surface area contributed by atoms with E-state index in [2.05, 4.69) is 14.5 Å². The molecule has 0 fully saturated rings. The Hall–Kier alpha value is -2.17. The first kappa shape index (κ1) is 11.9. The summed E-state index contributed by atoms with van der Waals surface area (Å²) in [6, 6.07) is 8.55. The van der Waals surface area contributed by atoms with E-state index in [1.807, 2.05) is 0 Å². The third kappa shape index (κ3) is 2.91. The number of ether oxygens (including phenoxy) is 2. The van der Waals surface area contributed by atoms with E-state index in [-0.39, 0.29) is 5.71 Å². The lowest BCUT2D eigenvalue weighted by Gasteiger charge is -2.03. The predicted molar refractivity (Wildman–Crippen MR) is 57.4 cm³/mol. The lowest BCUT2D eigenvalue weighted by molar-refractivity contribution is -0.132. The Bertz CT molecular complexity index is 411. The van der Waals surface area contributed by atoms with Crippen molar-refractivity contribution in [2.75, 3.05) is 14.2 Å². The number of carbonyl (C=O) groups excluding carboxylic acids is 2. The number of amides is 1. The highest BCUT2D eigenvalue weighted by Gasteiger charge is 2.16. The molecule has 5 heteroatoms. The van der Waals surface area contributed by atoms with E-state index in [0.29, 0.717) is 5.56 Å². The van der Waals surface area contributed by atoms with Gasteiger partial charge in [-0.25, -0.2) is 9.59 Å². The second-order valence-corrected chi connectivity index (χ2v) is 2.79. The van der Waals surface area contributed by atoms with E-state index >= 15 is 0 Å². The molecule has 0 saturated carbocycles. The van der Waals surface area contributed by atoms with Crippen molar-refractivity contribution in [3.8, 4) is 0 Å². The number of aliphatic imine (C=N–C) groups is 1. The highest BCUT2D eigenvalue weighted by atomic mass is 16.5. The van der Waals surface area contributed by atoms with Gasteiger partial charge in [-0.05, 0) is 0 Å². The Kier molecular flexibility index (Phi) is 4.20. The molecule has 0 aliphatic rings. The smallest absolute Gasteiger partial charge is 0.434 e. The van der Waals surface area contributed by atoms with Crippen LogP contribution in [0.15, 0.2) is 35.3 Å². The van der Waals surface area contributed by atoms with Crippen LogP contribution in [0.25, 0.3) is 0 Å². The van der Waals surface area contributed by atoms with Gasteiger partial charge in [-0.2, -0.15) is 4.99 Å². The third-order valence-corrected chi connectivity index (χ3v) is 1.80. The summed E-state index contributed by atoms with van der Waals surface area (Å²) >= 11 is 0.